The van der Waals surface area contributed by atoms with Crippen LogP contribution in [0.1, 0.15) is 38.5 Å². The van der Waals surface area contributed by atoms with Gasteiger partial charge in [0.15, 0.2) is 0 Å². The number of carbonyl (C=O) groups is 2. The van der Waals surface area contributed by atoms with E-state index in [0.29, 0.717) is 24.2 Å². The van der Waals surface area contributed by atoms with Crippen LogP contribution in [0.5, 0.6) is 11.5 Å². The van der Waals surface area contributed by atoms with Crippen LogP contribution in [0.4, 0.5) is 11.4 Å². The maximum absolute atomic E-state index is 11.8. The second-order valence-electron chi connectivity index (χ2n) is 6.11. The molecular formula is C20H24N2O4. The predicted molar refractivity (Wildman–Crippen MR) is 101 cm³/mol. The lowest BCUT2D eigenvalue weighted by molar-refractivity contribution is -0.117. The molecule has 4 N–H and O–H groups in total. The third-order valence-electron chi connectivity index (χ3n) is 3.82. The van der Waals surface area contributed by atoms with E-state index in [2.05, 4.69) is 10.6 Å². The number of carbonyl (C=O) groups excluding carboxylic acids is 2. The predicted octanol–water partition coefficient (Wildman–Crippen LogP) is 4.02. The SMILES string of the molecule is O=C(CCCCCCC(=O)Nc1cccc(O)c1)Nc1cccc(O)c1. The third kappa shape index (κ3) is 7.25. The summed E-state index contributed by atoms with van der Waals surface area (Å²) >= 11 is 0. The topological polar surface area (TPSA) is 98.7 Å². The van der Waals surface area contributed by atoms with E-state index in [9.17, 15) is 19.8 Å². The third-order valence-corrected chi connectivity index (χ3v) is 3.82. The zero-order valence-electron chi connectivity index (χ0n) is 14.6. The molecule has 0 heterocycles. The van der Waals surface area contributed by atoms with E-state index >= 15 is 0 Å². The van der Waals surface area contributed by atoms with Gasteiger partial charge in [0, 0.05) is 36.3 Å². The number of phenols is 2. The number of benzene rings is 2. The molecular weight excluding hydrogens is 332 g/mol. The van der Waals surface area contributed by atoms with Crippen molar-refractivity contribution in [3.05, 3.63) is 48.5 Å². The Kier molecular flexibility index (Phi) is 7.49. The van der Waals surface area contributed by atoms with Gasteiger partial charge in [-0.05, 0) is 37.1 Å². The van der Waals surface area contributed by atoms with E-state index in [1.165, 1.54) is 12.1 Å². The van der Waals surface area contributed by atoms with Gasteiger partial charge in [-0.2, -0.15) is 0 Å². The number of phenolic OH excluding ortho intramolecular Hbond substituents is 2. The molecule has 6 heteroatoms. The van der Waals surface area contributed by atoms with Crippen molar-refractivity contribution in [2.24, 2.45) is 0 Å². The van der Waals surface area contributed by atoms with Gasteiger partial charge in [-0.1, -0.05) is 25.0 Å². The number of hydrogen-bond donors (Lipinski definition) is 4. The van der Waals surface area contributed by atoms with Crippen molar-refractivity contribution in [1.82, 2.24) is 0 Å². The standard InChI is InChI=1S/C20H24N2O4/c23-17-9-5-7-15(13-17)21-19(25)11-3-1-2-4-12-20(26)22-16-8-6-10-18(24)14-16/h5-10,13-14,23-24H,1-4,11-12H2,(H,21,25)(H,22,26). The average molecular weight is 356 g/mol. The van der Waals surface area contributed by atoms with Gasteiger partial charge in [0.25, 0.3) is 0 Å². The first-order valence-corrected chi connectivity index (χ1v) is 8.71. The molecule has 0 bridgehead atoms. The smallest absolute Gasteiger partial charge is 0.224 e. The monoisotopic (exact) mass is 356 g/mol. The van der Waals surface area contributed by atoms with Crippen LogP contribution in [0.2, 0.25) is 0 Å². The molecule has 0 aliphatic carbocycles. The molecule has 0 saturated heterocycles. The van der Waals surface area contributed by atoms with E-state index in [1.807, 2.05) is 0 Å². The Morgan fingerprint density at radius 2 is 1.12 bits per heavy atom. The lowest BCUT2D eigenvalue weighted by Crippen LogP contribution is -2.11. The highest BCUT2D eigenvalue weighted by Crippen LogP contribution is 2.17. The van der Waals surface area contributed by atoms with Gasteiger partial charge in [-0.3, -0.25) is 9.59 Å². The van der Waals surface area contributed by atoms with Crippen LogP contribution in [-0.2, 0) is 9.59 Å². The lowest BCUT2D eigenvalue weighted by Gasteiger charge is -2.06. The van der Waals surface area contributed by atoms with Crippen LogP contribution >= 0.6 is 0 Å². The molecule has 0 unspecified atom stereocenters. The normalized spacial score (nSPS) is 10.3. The zero-order chi connectivity index (χ0) is 18.8. The van der Waals surface area contributed by atoms with Crippen LogP contribution in [0.25, 0.3) is 0 Å². The van der Waals surface area contributed by atoms with E-state index in [4.69, 9.17) is 0 Å². The Labute approximate surface area is 152 Å². The molecule has 0 radical (unpaired) electrons. The van der Waals surface area contributed by atoms with Gasteiger partial charge in [0.2, 0.25) is 11.8 Å². The van der Waals surface area contributed by atoms with Crippen LogP contribution in [-0.4, -0.2) is 22.0 Å². The molecule has 2 aromatic rings. The Morgan fingerprint density at radius 1 is 0.692 bits per heavy atom. The Hall–Kier alpha value is -3.02. The minimum Gasteiger partial charge on any atom is -0.508 e. The van der Waals surface area contributed by atoms with Crippen LogP contribution < -0.4 is 10.6 Å². The molecule has 0 atom stereocenters. The molecule has 2 aromatic carbocycles. The summed E-state index contributed by atoms with van der Waals surface area (Å²) < 4.78 is 0. The summed E-state index contributed by atoms with van der Waals surface area (Å²) in [5.74, 6) is 0.0630. The number of rotatable bonds is 9. The molecule has 2 rings (SSSR count). The molecule has 0 spiro atoms. The fourth-order valence-electron chi connectivity index (χ4n) is 2.54. The number of unbranched alkanes of at least 4 members (excludes halogenated alkanes) is 3. The highest BCUT2D eigenvalue weighted by Gasteiger charge is 2.05. The fourth-order valence-corrected chi connectivity index (χ4v) is 2.54. The summed E-state index contributed by atoms with van der Waals surface area (Å²) in [5, 5.41) is 24.2. The lowest BCUT2D eigenvalue weighted by atomic mass is 10.1. The molecule has 0 saturated carbocycles. The van der Waals surface area contributed by atoms with Gasteiger partial charge in [0.05, 0.1) is 0 Å². The first-order valence-electron chi connectivity index (χ1n) is 8.71. The maximum atomic E-state index is 11.8. The summed E-state index contributed by atoms with van der Waals surface area (Å²) in [6.45, 7) is 0. The van der Waals surface area contributed by atoms with Gasteiger partial charge in [0.1, 0.15) is 11.5 Å². The Morgan fingerprint density at radius 3 is 1.50 bits per heavy atom. The molecule has 0 aromatic heterocycles. The highest BCUT2D eigenvalue weighted by molar-refractivity contribution is 5.91. The minimum absolute atomic E-state index is 0.0859. The molecule has 138 valence electrons. The summed E-state index contributed by atoms with van der Waals surface area (Å²) in [6, 6.07) is 12.9. The Bertz CT molecular complexity index is 683. The van der Waals surface area contributed by atoms with Crippen molar-refractivity contribution >= 4 is 23.2 Å². The van der Waals surface area contributed by atoms with E-state index in [-0.39, 0.29) is 23.3 Å². The number of hydrogen-bond acceptors (Lipinski definition) is 4. The molecule has 0 aliphatic heterocycles. The quantitative estimate of drug-likeness (QED) is 0.510. The van der Waals surface area contributed by atoms with Crippen molar-refractivity contribution < 1.29 is 19.8 Å². The summed E-state index contributed by atoms with van der Waals surface area (Å²) in [5.41, 5.74) is 1.16. The second-order valence-corrected chi connectivity index (χ2v) is 6.11. The number of nitrogens with one attached hydrogen (secondary N) is 2. The Balaban J connectivity index is 1.55. The minimum atomic E-state index is -0.0859. The zero-order valence-corrected chi connectivity index (χ0v) is 14.6. The van der Waals surface area contributed by atoms with E-state index in [1.54, 1.807) is 36.4 Å². The highest BCUT2D eigenvalue weighted by atomic mass is 16.3. The van der Waals surface area contributed by atoms with Crippen LogP contribution in [0.15, 0.2) is 48.5 Å². The molecule has 2 amide bonds. The van der Waals surface area contributed by atoms with Gasteiger partial charge < -0.3 is 20.8 Å². The summed E-state index contributed by atoms with van der Waals surface area (Å²) in [7, 11) is 0. The van der Waals surface area contributed by atoms with Gasteiger partial charge in [-0.15, -0.1) is 0 Å². The maximum Gasteiger partial charge on any atom is 0.224 e. The van der Waals surface area contributed by atoms with Gasteiger partial charge in [-0.25, -0.2) is 0 Å². The number of amides is 2. The average Bonchev–Trinajstić information content (AvgIpc) is 2.58. The van der Waals surface area contributed by atoms with Crippen molar-refractivity contribution in [3.8, 4) is 11.5 Å². The van der Waals surface area contributed by atoms with Crippen LogP contribution in [0, 0.1) is 0 Å². The van der Waals surface area contributed by atoms with Crippen molar-refractivity contribution in [1.29, 1.82) is 0 Å². The molecule has 0 fully saturated rings. The van der Waals surface area contributed by atoms with Crippen molar-refractivity contribution in [2.45, 2.75) is 38.5 Å². The first-order chi connectivity index (χ1) is 12.5. The summed E-state index contributed by atoms with van der Waals surface area (Å²) in [6.07, 6.45) is 4.05. The molecule has 26 heavy (non-hydrogen) atoms. The van der Waals surface area contributed by atoms with E-state index in [0.717, 1.165) is 25.7 Å². The summed E-state index contributed by atoms with van der Waals surface area (Å²) in [4.78, 5) is 23.6. The van der Waals surface area contributed by atoms with Crippen molar-refractivity contribution in [3.63, 3.8) is 0 Å². The van der Waals surface area contributed by atoms with E-state index < -0.39 is 0 Å². The number of anilines is 2. The first kappa shape index (κ1) is 19.3. The molecule has 0 aliphatic rings. The fraction of sp³-hybridized carbons (Fsp3) is 0.300. The molecule has 6 nitrogen and oxygen atoms in total. The number of aromatic hydroxyl groups is 2. The largest absolute Gasteiger partial charge is 0.508 e. The van der Waals surface area contributed by atoms with Crippen molar-refractivity contribution in [2.75, 3.05) is 10.6 Å². The van der Waals surface area contributed by atoms with Gasteiger partial charge >= 0.3 is 0 Å². The van der Waals surface area contributed by atoms with Crippen LogP contribution in [0.3, 0.4) is 0 Å². The second kappa shape index (κ2) is 10.1.